The van der Waals surface area contributed by atoms with Crippen molar-refractivity contribution in [2.45, 2.75) is 38.3 Å². The summed E-state index contributed by atoms with van der Waals surface area (Å²) in [6, 6.07) is 3.46. The minimum absolute atomic E-state index is 0.0156. The number of carbonyl (C=O) groups is 1. The second-order valence-corrected chi connectivity index (χ2v) is 10.6. The van der Waals surface area contributed by atoms with Crippen molar-refractivity contribution < 1.29 is 30.8 Å². The number of nitrogens with one attached hydrogen (secondary N) is 1. The van der Waals surface area contributed by atoms with Crippen LogP contribution in [0.5, 0.6) is 0 Å². The highest BCUT2D eigenvalue weighted by atomic mass is 35.5. The number of amides is 1. The van der Waals surface area contributed by atoms with Crippen LogP contribution in [0.25, 0.3) is 0 Å². The summed E-state index contributed by atoms with van der Waals surface area (Å²) in [6.45, 7) is 0.222. The first kappa shape index (κ1) is 23.3. The second-order valence-electron chi connectivity index (χ2n) is 8.22. The van der Waals surface area contributed by atoms with Gasteiger partial charge in [0, 0.05) is 19.6 Å². The Balaban J connectivity index is 1.65. The van der Waals surface area contributed by atoms with Crippen LogP contribution in [-0.2, 0) is 10.0 Å². The molecule has 0 bridgehead atoms. The maximum absolute atomic E-state index is 13.2. The number of nitrogens with zero attached hydrogens (tertiary/aromatic N) is 1. The number of hydrogen-bond donors (Lipinski definition) is 1. The molecule has 168 valence electrons. The molecular formula is C19H23ClF4N2O3S. The maximum atomic E-state index is 13.2. The molecule has 1 aromatic rings. The van der Waals surface area contributed by atoms with Crippen molar-refractivity contribution in [3.8, 4) is 0 Å². The molecule has 11 heteroatoms. The van der Waals surface area contributed by atoms with E-state index in [4.69, 9.17) is 11.6 Å². The lowest BCUT2D eigenvalue weighted by molar-refractivity contribution is -0.107. The molecule has 2 aliphatic rings. The molecule has 30 heavy (non-hydrogen) atoms. The van der Waals surface area contributed by atoms with Crippen molar-refractivity contribution >= 4 is 27.5 Å². The number of piperidine rings is 1. The third kappa shape index (κ3) is 6.07. The van der Waals surface area contributed by atoms with Gasteiger partial charge in [0.15, 0.2) is 5.75 Å². The second kappa shape index (κ2) is 8.63. The predicted octanol–water partition coefficient (Wildman–Crippen LogP) is 3.98. The average Bonchev–Trinajstić information content (AvgIpc) is 3.42. The fourth-order valence-corrected chi connectivity index (χ4v) is 5.55. The van der Waals surface area contributed by atoms with Gasteiger partial charge in [0.1, 0.15) is 5.82 Å². The molecule has 1 amide bonds. The molecule has 1 saturated carbocycles. The maximum Gasteiger partial charge on any atom is 0.404 e. The van der Waals surface area contributed by atoms with Gasteiger partial charge >= 0.3 is 6.18 Å². The first-order valence-corrected chi connectivity index (χ1v) is 11.7. The van der Waals surface area contributed by atoms with Gasteiger partial charge in [-0.2, -0.15) is 13.2 Å². The number of benzene rings is 1. The van der Waals surface area contributed by atoms with Crippen molar-refractivity contribution in [2.24, 2.45) is 11.3 Å². The average molecular weight is 471 g/mol. The van der Waals surface area contributed by atoms with Crippen LogP contribution in [0.15, 0.2) is 18.2 Å². The van der Waals surface area contributed by atoms with Crippen LogP contribution in [0.1, 0.15) is 42.5 Å². The standard InChI is InChI=1S/C19H23ClF4N2O3S/c20-16-9-14(21)3-4-15(16)17(27)25-11-18(10-13-1-2-13)5-7-26(8-6-18)30(28,29)12-19(22,23)24/h3-4,9,13H,1-2,5-8,10-12H2,(H,25,27). The number of hydrogen-bond acceptors (Lipinski definition) is 3. The van der Waals surface area contributed by atoms with E-state index in [0.717, 1.165) is 35.7 Å². The molecular weight excluding hydrogens is 448 g/mol. The SMILES string of the molecule is O=C(NCC1(CC2CC2)CCN(S(=O)(=O)CC(F)(F)F)CC1)c1ccc(F)cc1Cl. The van der Waals surface area contributed by atoms with Gasteiger partial charge in [-0.3, -0.25) is 4.79 Å². The molecule has 3 rings (SSSR count). The van der Waals surface area contributed by atoms with Gasteiger partial charge in [-0.05, 0) is 48.8 Å². The van der Waals surface area contributed by atoms with Gasteiger partial charge in [0.2, 0.25) is 10.0 Å². The van der Waals surface area contributed by atoms with E-state index in [1.54, 1.807) is 0 Å². The largest absolute Gasteiger partial charge is 0.404 e. The summed E-state index contributed by atoms with van der Waals surface area (Å²) in [5.74, 6) is -2.42. The summed E-state index contributed by atoms with van der Waals surface area (Å²) in [7, 11) is -4.42. The Bertz CT molecular complexity index is 896. The molecule has 0 spiro atoms. The van der Waals surface area contributed by atoms with Crippen molar-refractivity contribution in [2.75, 3.05) is 25.4 Å². The number of alkyl halides is 3. The molecule has 2 fully saturated rings. The van der Waals surface area contributed by atoms with Gasteiger partial charge in [-0.1, -0.05) is 24.4 Å². The summed E-state index contributed by atoms with van der Waals surface area (Å²) in [4.78, 5) is 12.5. The Morgan fingerprint density at radius 1 is 1.23 bits per heavy atom. The van der Waals surface area contributed by atoms with Crippen molar-refractivity contribution in [1.82, 2.24) is 9.62 Å². The molecule has 0 radical (unpaired) electrons. The van der Waals surface area contributed by atoms with E-state index >= 15 is 0 Å². The molecule has 1 saturated heterocycles. The molecule has 1 aromatic carbocycles. The van der Waals surface area contributed by atoms with E-state index in [0.29, 0.717) is 18.8 Å². The lowest BCUT2D eigenvalue weighted by atomic mass is 9.74. The zero-order chi connectivity index (χ0) is 22.2. The quantitative estimate of drug-likeness (QED) is 0.613. The van der Waals surface area contributed by atoms with E-state index in [9.17, 15) is 30.8 Å². The van der Waals surface area contributed by atoms with Gasteiger partial charge in [-0.25, -0.2) is 17.1 Å². The molecule has 5 nitrogen and oxygen atoms in total. The molecule has 1 N–H and O–H groups in total. The minimum Gasteiger partial charge on any atom is -0.351 e. The van der Waals surface area contributed by atoms with Crippen LogP contribution < -0.4 is 5.32 Å². The Hall–Kier alpha value is -1.39. The monoisotopic (exact) mass is 470 g/mol. The first-order chi connectivity index (χ1) is 13.9. The Morgan fingerprint density at radius 2 is 1.87 bits per heavy atom. The molecule has 1 aliphatic heterocycles. The van der Waals surface area contributed by atoms with Gasteiger partial charge in [0.25, 0.3) is 5.91 Å². The number of sulfonamides is 1. The normalized spacial score (nSPS) is 20.2. The van der Waals surface area contributed by atoms with Crippen molar-refractivity contribution in [3.05, 3.63) is 34.6 Å². The fraction of sp³-hybridized carbons (Fsp3) is 0.632. The highest BCUT2D eigenvalue weighted by Crippen LogP contribution is 2.46. The third-order valence-corrected chi connectivity index (χ3v) is 7.90. The Morgan fingerprint density at radius 3 is 2.40 bits per heavy atom. The number of halogens is 5. The number of rotatable bonds is 7. The topological polar surface area (TPSA) is 66.5 Å². The van der Waals surface area contributed by atoms with Crippen molar-refractivity contribution in [3.63, 3.8) is 0 Å². The van der Waals surface area contributed by atoms with Crippen LogP contribution in [0.4, 0.5) is 17.6 Å². The van der Waals surface area contributed by atoms with E-state index in [1.165, 1.54) is 6.07 Å². The summed E-state index contributed by atoms with van der Waals surface area (Å²) in [5.41, 5.74) is -0.266. The Labute approximate surface area is 177 Å². The highest BCUT2D eigenvalue weighted by molar-refractivity contribution is 7.89. The molecule has 0 unspecified atom stereocenters. The Kier molecular flexibility index (Phi) is 6.69. The van der Waals surface area contributed by atoms with Crippen LogP contribution >= 0.6 is 11.6 Å². The first-order valence-electron chi connectivity index (χ1n) is 9.67. The summed E-state index contributed by atoms with van der Waals surface area (Å²) in [6.07, 6.45) is -1.19. The van der Waals surface area contributed by atoms with Crippen LogP contribution in [0, 0.1) is 17.2 Å². The van der Waals surface area contributed by atoms with Gasteiger partial charge < -0.3 is 5.32 Å². The van der Waals surface area contributed by atoms with Crippen LogP contribution in [-0.4, -0.2) is 50.2 Å². The van der Waals surface area contributed by atoms with E-state index < -0.39 is 39.1 Å². The smallest absolute Gasteiger partial charge is 0.351 e. The minimum atomic E-state index is -4.79. The number of carbonyl (C=O) groups excluding carboxylic acids is 1. The summed E-state index contributed by atoms with van der Waals surface area (Å²) >= 11 is 5.93. The van der Waals surface area contributed by atoms with Gasteiger partial charge in [0.05, 0.1) is 10.6 Å². The molecule has 1 aliphatic carbocycles. The van der Waals surface area contributed by atoms with Crippen LogP contribution in [0.2, 0.25) is 5.02 Å². The zero-order valence-electron chi connectivity index (χ0n) is 16.1. The predicted molar refractivity (Wildman–Crippen MR) is 104 cm³/mol. The molecule has 1 heterocycles. The van der Waals surface area contributed by atoms with Crippen molar-refractivity contribution in [1.29, 1.82) is 0 Å². The summed E-state index contributed by atoms with van der Waals surface area (Å²) < 4.78 is 75.9. The summed E-state index contributed by atoms with van der Waals surface area (Å²) in [5, 5.41) is 2.78. The third-order valence-electron chi connectivity index (χ3n) is 5.74. The molecule has 0 aromatic heterocycles. The molecule has 0 atom stereocenters. The van der Waals surface area contributed by atoms with Gasteiger partial charge in [-0.15, -0.1) is 0 Å². The van der Waals surface area contributed by atoms with E-state index in [2.05, 4.69) is 5.32 Å². The highest BCUT2D eigenvalue weighted by Gasteiger charge is 2.44. The zero-order valence-corrected chi connectivity index (χ0v) is 17.7. The van der Waals surface area contributed by atoms with E-state index in [-0.39, 0.29) is 30.2 Å². The van der Waals surface area contributed by atoms with E-state index in [1.807, 2.05) is 0 Å². The lowest BCUT2D eigenvalue weighted by Crippen LogP contribution is -2.49. The fourth-order valence-electron chi connectivity index (χ4n) is 3.96. The van der Waals surface area contributed by atoms with Crippen LogP contribution in [0.3, 0.4) is 0 Å². The lowest BCUT2D eigenvalue weighted by Gasteiger charge is -2.41.